The van der Waals surface area contributed by atoms with Crippen molar-refractivity contribution in [2.75, 3.05) is 11.9 Å². The van der Waals surface area contributed by atoms with Gasteiger partial charge in [-0.15, -0.1) is 0 Å². The largest absolute Gasteiger partial charge is 0.384 e. The number of benzene rings is 2. The highest BCUT2D eigenvalue weighted by Gasteiger charge is 2.43. The Labute approximate surface area is 150 Å². The summed E-state index contributed by atoms with van der Waals surface area (Å²) in [5, 5.41) is 19.9. The van der Waals surface area contributed by atoms with Crippen LogP contribution in [0.3, 0.4) is 0 Å². The first-order valence-electron chi connectivity index (χ1n) is 7.52. The molecule has 0 aromatic heterocycles. The van der Waals surface area contributed by atoms with Crippen LogP contribution < -0.4 is 10.5 Å². The molecular weight excluding hydrogens is 366 g/mol. The van der Waals surface area contributed by atoms with Crippen molar-refractivity contribution in [3.8, 4) is 0 Å². The number of non-ortho nitro benzene ring substituents is 1. The second-order valence-electron chi connectivity index (χ2n) is 6.16. The number of nitrogens with two attached hydrogens (primary N) is 1. The first-order valence-corrected chi connectivity index (χ1v) is 9.44. The average Bonchev–Trinajstić information content (AvgIpc) is 3.33. The summed E-state index contributed by atoms with van der Waals surface area (Å²) in [6, 6.07) is 11.1. The quantitative estimate of drug-likeness (QED) is 0.589. The van der Waals surface area contributed by atoms with Crippen LogP contribution in [-0.2, 0) is 15.4 Å². The fourth-order valence-electron chi connectivity index (χ4n) is 2.75. The smallest absolute Gasteiger partial charge is 0.272 e. The molecule has 9 heteroatoms. The Bertz CT molecular complexity index is 925. The normalized spacial score (nSPS) is 15.6. The van der Waals surface area contributed by atoms with E-state index < -0.39 is 14.9 Å². The molecule has 0 heterocycles. The lowest BCUT2D eigenvalue weighted by molar-refractivity contribution is -0.385. The third kappa shape index (κ3) is 3.92. The molecule has 3 N–H and O–H groups in total. The van der Waals surface area contributed by atoms with Crippen LogP contribution in [0.25, 0.3) is 0 Å². The van der Waals surface area contributed by atoms with E-state index >= 15 is 0 Å². The van der Waals surface area contributed by atoms with Crippen molar-refractivity contribution in [3.63, 3.8) is 0 Å². The van der Waals surface area contributed by atoms with E-state index in [2.05, 4.69) is 5.32 Å². The summed E-state index contributed by atoms with van der Waals surface area (Å²) in [7, 11) is -4.04. The average molecular weight is 382 g/mol. The fourth-order valence-corrected chi connectivity index (χ4v) is 3.45. The molecule has 0 amide bonds. The molecule has 0 bridgehead atoms. The molecule has 7 nitrogen and oxygen atoms in total. The molecule has 3 rings (SSSR count). The number of hydrogen-bond donors (Lipinski definition) is 2. The molecule has 0 aliphatic heterocycles. The molecular formula is C16H16ClN3O4S. The van der Waals surface area contributed by atoms with E-state index in [9.17, 15) is 18.5 Å². The van der Waals surface area contributed by atoms with Gasteiger partial charge in [-0.3, -0.25) is 10.1 Å². The van der Waals surface area contributed by atoms with Gasteiger partial charge in [0.2, 0.25) is 10.0 Å². The molecule has 0 atom stereocenters. The molecule has 0 radical (unpaired) electrons. The van der Waals surface area contributed by atoms with Gasteiger partial charge in [0.1, 0.15) is 0 Å². The number of halogens is 1. The lowest BCUT2D eigenvalue weighted by Crippen LogP contribution is -2.20. The van der Waals surface area contributed by atoms with E-state index in [1.807, 2.05) is 24.3 Å². The van der Waals surface area contributed by atoms with Crippen LogP contribution in [0.5, 0.6) is 0 Å². The van der Waals surface area contributed by atoms with Crippen LogP contribution in [0, 0.1) is 10.1 Å². The molecule has 0 unspecified atom stereocenters. The number of anilines is 1. The molecule has 1 saturated carbocycles. The van der Waals surface area contributed by atoms with E-state index in [-0.39, 0.29) is 16.0 Å². The molecule has 1 aliphatic carbocycles. The summed E-state index contributed by atoms with van der Waals surface area (Å²) in [6.07, 6.45) is 1.94. The highest BCUT2D eigenvalue weighted by molar-refractivity contribution is 7.89. The molecule has 132 valence electrons. The van der Waals surface area contributed by atoms with Crippen LogP contribution in [-0.4, -0.2) is 19.9 Å². The summed E-state index contributed by atoms with van der Waals surface area (Å²) >= 11 is 5.91. The van der Waals surface area contributed by atoms with E-state index in [0.29, 0.717) is 17.3 Å². The van der Waals surface area contributed by atoms with Crippen molar-refractivity contribution in [1.29, 1.82) is 0 Å². The number of sulfonamides is 1. The Morgan fingerprint density at radius 3 is 2.36 bits per heavy atom. The highest BCUT2D eigenvalue weighted by atomic mass is 35.5. The number of nitrogens with one attached hydrogen (secondary N) is 1. The number of nitro benzene ring substituents is 1. The summed E-state index contributed by atoms with van der Waals surface area (Å²) in [4.78, 5) is 10.1. The molecule has 1 aliphatic rings. The second-order valence-corrected chi connectivity index (χ2v) is 8.16. The monoisotopic (exact) mass is 381 g/mol. The Kier molecular flexibility index (Phi) is 4.44. The van der Waals surface area contributed by atoms with Gasteiger partial charge in [0.05, 0.1) is 9.82 Å². The first kappa shape index (κ1) is 17.7. The molecule has 0 spiro atoms. The zero-order valence-corrected chi connectivity index (χ0v) is 14.7. The van der Waals surface area contributed by atoms with Crippen molar-refractivity contribution in [1.82, 2.24) is 0 Å². The highest BCUT2D eigenvalue weighted by Crippen LogP contribution is 2.48. The summed E-state index contributed by atoms with van der Waals surface area (Å²) in [6.45, 7) is 0.528. The van der Waals surface area contributed by atoms with Crippen molar-refractivity contribution >= 4 is 33.0 Å². The van der Waals surface area contributed by atoms with E-state index in [0.717, 1.165) is 24.5 Å². The van der Waals surface area contributed by atoms with Crippen LogP contribution in [0.1, 0.15) is 18.4 Å². The third-order valence-electron chi connectivity index (χ3n) is 4.37. The maximum absolute atomic E-state index is 11.5. The third-order valence-corrected chi connectivity index (χ3v) is 5.52. The minimum Gasteiger partial charge on any atom is -0.384 e. The van der Waals surface area contributed by atoms with Gasteiger partial charge in [-0.25, -0.2) is 13.6 Å². The van der Waals surface area contributed by atoms with Crippen LogP contribution in [0.15, 0.2) is 47.4 Å². The van der Waals surface area contributed by atoms with Crippen molar-refractivity contribution < 1.29 is 13.3 Å². The SMILES string of the molecule is NS(=O)(=O)c1cc(NCC2(c3ccc(Cl)cc3)CC2)cc([N+](=O)[O-])c1. The maximum Gasteiger partial charge on any atom is 0.272 e. The van der Waals surface area contributed by atoms with E-state index in [1.54, 1.807) is 0 Å². The van der Waals surface area contributed by atoms with E-state index in [4.69, 9.17) is 16.7 Å². The van der Waals surface area contributed by atoms with E-state index in [1.165, 1.54) is 12.1 Å². The number of nitro groups is 1. The lowest BCUT2D eigenvalue weighted by Gasteiger charge is -2.18. The van der Waals surface area contributed by atoms with Crippen LogP contribution in [0.2, 0.25) is 5.02 Å². The Morgan fingerprint density at radius 1 is 1.20 bits per heavy atom. The zero-order valence-electron chi connectivity index (χ0n) is 13.1. The molecule has 2 aromatic carbocycles. The molecule has 25 heavy (non-hydrogen) atoms. The number of rotatable bonds is 6. The fraction of sp³-hybridized carbons (Fsp3) is 0.250. The van der Waals surface area contributed by atoms with Crippen LogP contribution in [0.4, 0.5) is 11.4 Å². The molecule has 2 aromatic rings. The predicted molar refractivity (Wildman–Crippen MR) is 95.3 cm³/mol. The summed E-state index contributed by atoms with van der Waals surface area (Å²) in [5.41, 5.74) is 1.07. The first-order chi connectivity index (χ1) is 11.7. The van der Waals surface area contributed by atoms with Crippen molar-refractivity contribution in [2.24, 2.45) is 5.14 Å². The Balaban J connectivity index is 1.84. The number of primary sulfonamides is 1. The van der Waals surface area contributed by atoms with Crippen LogP contribution >= 0.6 is 11.6 Å². The van der Waals surface area contributed by atoms with Crippen molar-refractivity contribution in [2.45, 2.75) is 23.2 Å². The van der Waals surface area contributed by atoms with Gasteiger partial charge >= 0.3 is 0 Å². The van der Waals surface area contributed by atoms with Gasteiger partial charge < -0.3 is 5.32 Å². The lowest BCUT2D eigenvalue weighted by atomic mass is 9.96. The number of hydrogen-bond acceptors (Lipinski definition) is 5. The van der Waals surface area contributed by atoms with Gasteiger partial charge in [-0.05, 0) is 36.6 Å². The zero-order chi connectivity index (χ0) is 18.2. The minimum atomic E-state index is -4.04. The minimum absolute atomic E-state index is 0.0725. The van der Waals surface area contributed by atoms with Gasteiger partial charge in [0, 0.05) is 34.8 Å². The van der Waals surface area contributed by atoms with Gasteiger partial charge in [-0.2, -0.15) is 0 Å². The van der Waals surface area contributed by atoms with Gasteiger partial charge in [0.15, 0.2) is 0 Å². The summed E-state index contributed by atoms with van der Waals surface area (Å²) in [5.74, 6) is 0. The molecule has 1 fully saturated rings. The Morgan fingerprint density at radius 2 is 1.84 bits per heavy atom. The van der Waals surface area contributed by atoms with Gasteiger partial charge in [-0.1, -0.05) is 23.7 Å². The Hall–Kier alpha value is -2.16. The summed E-state index contributed by atoms with van der Waals surface area (Å²) < 4.78 is 23.1. The maximum atomic E-state index is 11.5. The predicted octanol–water partition coefficient (Wildman–Crippen LogP) is 3.04. The van der Waals surface area contributed by atoms with Crippen molar-refractivity contribution in [3.05, 3.63) is 63.2 Å². The number of nitrogens with zero attached hydrogens (tertiary/aromatic N) is 1. The second kappa shape index (κ2) is 6.29. The standard InChI is InChI=1S/C16H16ClN3O4S/c17-12-3-1-11(2-4-12)16(5-6-16)10-19-13-7-14(20(21)22)9-15(8-13)25(18,23)24/h1-4,7-9,19H,5-6,10H2,(H2,18,23,24). The molecule has 0 saturated heterocycles. The van der Waals surface area contributed by atoms with Gasteiger partial charge in [0.25, 0.3) is 5.69 Å². The topological polar surface area (TPSA) is 115 Å².